The molecule has 23 heavy (non-hydrogen) atoms. The molecule has 3 N–H and O–H groups in total. The summed E-state index contributed by atoms with van der Waals surface area (Å²) >= 11 is 5.99. The average molecular weight is 383 g/mol. The van der Waals surface area contributed by atoms with E-state index in [0.29, 0.717) is 6.42 Å². The molecule has 136 valence electrons. The number of aliphatic hydroxyl groups excluding tert-OH is 1. The third kappa shape index (κ3) is 19.5. The fourth-order valence-corrected chi connectivity index (χ4v) is 2.87. The van der Waals surface area contributed by atoms with Gasteiger partial charge in [-0.3, -0.25) is 4.52 Å². The number of halogens is 1. The SMILES string of the molecule is CCCCCCCCCCCCC(Cl)C(O)COP(=O)(O)O.[H-].[Na+]. The predicted molar refractivity (Wildman–Crippen MR) is 91.2 cm³/mol. The Labute approximate surface area is 169 Å². The van der Waals surface area contributed by atoms with Gasteiger partial charge in [0.15, 0.2) is 0 Å². The third-order valence-electron chi connectivity index (χ3n) is 3.66. The first-order chi connectivity index (χ1) is 10.4. The van der Waals surface area contributed by atoms with Crippen LogP contribution in [-0.4, -0.2) is 33.0 Å². The van der Waals surface area contributed by atoms with Gasteiger partial charge in [-0.1, -0.05) is 71.1 Å². The van der Waals surface area contributed by atoms with E-state index >= 15 is 0 Å². The summed E-state index contributed by atoms with van der Waals surface area (Å²) < 4.78 is 14.8. The van der Waals surface area contributed by atoms with Gasteiger partial charge in [-0.15, -0.1) is 11.6 Å². The van der Waals surface area contributed by atoms with Gasteiger partial charge in [0.2, 0.25) is 0 Å². The van der Waals surface area contributed by atoms with Crippen LogP contribution in [0.25, 0.3) is 0 Å². The average Bonchev–Trinajstić information content (AvgIpc) is 2.45. The molecule has 0 spiro atoms. The Bertz CT molecular complexity index is 310. The van der Waals surface area contributed by atoms with Gasteiger partial charge in [-0.25, -0.2) is 4.57 Å². The van der Waals surface area contributed by atoms with Crippen molar-refractivity contribution in [2.45, 2.75) is 89.0 Å². The van der Waals surface area contributed by atoms with Crippen LogP contribution in [0, 0.1) is 0 Å². The van der Waals surface area contributed by atoms with Crippen molar-refractivity contribution >= 4 is 19.4 Å². The van der Waals surface area contributed by atoms with Crippen molar-refractivity contribution in [3.05, 3.63) is 0 Å². The summed E-state index contributed by atoms with van der Waals surface area (Å²) in [6.07, 6.45) is 11.9. The van der Waals surface area contributed by atoms with Crippen molar-refractivity contribution in [3.8, 4) is 0 Å². The van der Waals surface area contributed by atoms with Gasteiger partial charge in [-0.05, 0) is 6.42 Å². The molecule has 0 aromatic carbocycles. The van der Waals surface area contributed by atoms with Gasteiger partial charge in [-0.2, -0.15) is 0 Å². The Kier molecular flexibility index (Phi) is 19.4. The number of phosphoric acid groups is 1. The molecule has 0 aliphatic rings. The van der Waals surface area contributed by atoms with Crippen LogP contribution >= 0.6 is 19.4 Å². The van der Waals surface area contributed by atoms with Crippen LogP contribution in [0.1, 0.15) is 79.0 Å². The Morgan fingerprint density at radius 1 is 1.00 bits per heavy atom. The molecule has 0 rings (SSSR count). The summed E-state index contributed by atoms with van der Waals surface area (Å²) in [4.78, 5) is 17.1. The van der Waals surface area contributed by atoms with E-state index in [1.165, 1.54) is 51.4 Å². The molecular formula is C15H33ClNaO5P. The number of hydrogen-bond acceptors (Lipinski definition) is 3. The van der Waals surface area contributed by atoms with Crippen LogP contribution < -0.4 is 29.6 Å². The maximum atomic E-state index is 10.5. The quantitative estimate of drug-likeness (QED) is 0.173. The summed E-state index contributed by atoms with van der Waals surface area (Å²) in [6, 6.07) is 0. The smallest absolute Gasteiger partial charge is 1.00 e. The largest absolute Gasteiger partial charge is 1.00 e. The molecule has 2 atom stereocenters. The van der Waals surface area contributed by atoms with E-state index in [4.69, 9.17) is 21.4 Å². The van der Waals surface area contributed by atoms with Crippen LogP contribution in [0.5, 0.6) is 0 Å². The second kappa shape index (κ2) is 16.8. The zero-order valence-electron chi connectivity index (χ0n) is 15.6. The molecule has 0 radical (unpaired) electrons. The van der Waals surface area contributed by atoms with E-state index in [-0.39, 0.29) is 31.0 Å². The van der Waals surface area contributed by atoms with Gasteiger partial charge in [0.25, 0.3) is 0 Å². The van der Waals surface area contributed by atoms with E-state index in [1.807, 2.05) is 0 Å². The Morgan fingerprint density at radius 3 is 1.87 bits per heavy atom. The molecule has 0 fully saturated rings. The number of phosphoric ester groups is 1. The number of rotatable bonds is 15. The summed E-state index contributed by atoms with van der Waals surface area (Å²) in [5.74, 6) is 0. The van der Waals surface area contributed by atoms with Crippen LogP contribution in [0.4, 0.5) is 0 Å². The molecule has 5 nitrogen and oxygen atoms in total. The van der Waals surface area contributed by atoms with Crippen molar-refractivity contribution in [3.63, 3.8) is 0 Å². The number of aliphatic hydroxyl groups is 1. The molecule has 0 heterocycles. The number of hydrogen-bond donors (Lipinski definition) is 3. The molecule has 0 saturated heterocycles. The molecular weight excluding hydrogens is 350 g/mol. The van der Waals surface area contributed by atoms with E-state index in [1.54, 1.807) is 0 Å². The van der Waals surface area contributed by atoms with Crippen LogP contribution in [0.2, 0.25) is 0 Å². The van der Waals surface area contributed by atoms with Gasteiger partial charge >= 0.3 is 37.4 Å². The molecule has 0 amide bonds. The van der Waals surface area contributed by atoms with Crippen LogP contribution in [0.3, 0.4) is 0 Å². The van der Waals surface area contributed by atoms with E-state index in [9.17, 15) is 9.67 Å². The molecule has 2 unspecified atom stereocenters. The van der Waals surface area contributed by atoms with Gasteiger partial charge in [0.1, 0.15) is 0 Å². The Balaban J connectivity index is -0.00000220. The second-order valence-electron chi connectivity index (χ2n) is 5.84. The summed E-state index contributed by atoms with van der Waals surface area (Å²) in [6.45, 7) is 1.79. The first kappa shape index (κ1) is 26.6. The minimum Gasteiger partial charge on any atom is -1.00 e. The zero-order valence-corrected chi connectivity index (χ0v) is 18.3. The molecule has 0 bridgehead atoms. The van der Waals surface area contributed by atoms with Crippen LogP contribution in [-0.2, 0) is 9.09 Å². The number of alkyl halides is 1. The summed E-state index contributed by atoms with van der Waals surface area (Å²) in [5.41, 5.74) is 0. The van der Waals surface area contributed by atoms with Gasteiger partial charge < -0.3 is 16.3 Å². The maximum absolute atomic E-state index is 10.5. The molecule has 0 aromatic heterocycles. The fraction of sp³-hybridized carbons (Fsp3) is 1.00. The van der Waals surface area contributed by atoms with E-state index < -0.39 is 25.9 Å². The summed E-state index contributed by atoms with van der Waals surface area (Å²) in [5, 5.41) is 9.10. The minimum atomic E-state index is -4.53. The topological polar surface area (TPSA) is 87.0 Å². The first-order valence-corrected chi connectivity index (χ1v) is 10.4. The minimum absolute atomic E-state index is 0. The van der Waals surface area contributed by atoms with Crippen molar-refractivity contribution < 1.29 is 55.0 Å². The molecule has 0 saturated carbocycles. The Hall–Kier alpha value is 1.36. The van der Waals surface area contributed by atoms with E-state index in [2.05, 4.69) is 11.4 Å². The van der Waals surface area contributed by atoms with Gasteiger partial charge in [0, 0.05) is 0 Å². The van der Waals surface area contributed by atoms with Crippen molar-refractivity contribution in [1.29, 1.82) is 0 Å². The molecule has 0 aromatic rings. The Morgan fingerprint density at radius 2 is 1.43 bits per heavy atom. The maximum Gasteiger partial charge on any atom is 1.00 e. The van der Waals surface area contributed by atoms with Crippen LogP contribution in [0.15, 0.2) is 0 Å². The molecule has 8 heteroatoms. The van der Waals surface area contributed by atoms with Crippen molar-refractivity contribution in [2.75, 3.05) is 6.61 Å². The molecule has 0 aliphatic heterocycles. The monoisotopic (exact) mass is 382 g/mol. The molecule has 0 aliphatic carbocycles. The predicted octanol–water partition coefficient (Wildman–Crippen LogP) is 1.49. The normalized spacial score (nSPS) is 14.3. The van der Waals surface area contributed by atoms with Gasteiger partial charge in [0.05, 0.1) is 18.1 Å². The first-order valence-electron chi connectivity index (χ1n) is 8.39. The van der Waals surface area contributed by atoms with Crippen molar-refractivity contribution in [2.24, 2.45) is 0 Å². The van der Waals surface area contributed by atoms with Crippen molar-refractivity contribution in [1.82, 2.24) is 0 Å². The zero-order chi connectivity index (χ0) is 16.8. The third-order valence-corrected chi connectivity index (χ3v) is 4.66. The number of unbranched alkanes of at least 4 members (excludes halogenated alkanes) is 9. The fourth-order valence-electron chi connectivity index (χ4n) is 2.30. The van der Waals surface area contributed by atoms with E-state index in [0.717, 1.165) is 12.8 Å². The standard InChI is InChI=1S/C15H32ClO5P.Na.H/c1-2-3-4-5-6-7-8-9-10-11-12-14(16)15(17)13-21-22(18,19)20;;/h14-15,17H,2-13H2,1H3,(H2,18,19,20);;/q;+1;-1. The summed E-state index contributed by atoms with van der Waals surface area (Å²) in [7, 11) is -4.53. The second-order valence-corrected chi connectivity index (χ2v) is 7.64.